The molecule has 0 bridgehead atoms. The summed E-state index contributed by atoms with van der Waals surface area (Å²) >= 11 is 0. The molecule has 1 aromatic heterocycles. The Bertz CT molecular complexity index is 618. The smallest absolute Gasteiger partial charge is 0.142 e. The molecule has 0 saturated carbocycles. The minimum Gasteiger partial charge on any atom is -0.355 e. The summed E-state index contributed by atoms with van der Waals surface area (Å²) in [5.74, 6) is 0. The maximum absolute atomic E-state index is 8.87. The zero-order chi connectivity index (χ0) is 13.9. The zero-order valence-electron chi connectivity index (χ0n) is 11.4. The lowest BCUT2D eigenvalue weighted by atomic mass is 9.86. The molecular weight excluding hydrogens is 234 g/mol. The van der Waals surface area contributed by atoms with Crippen LogP contribution in [0, 0.1) is 11.3 Å². The molecule has 2 rings (SSSR count). The van der Waals surface area contributed by atoms with Crippen LogP contribution >= 0.6 is 0 Å². The van der Waals surface area contributed by atoms with Gasteiger partial charge in [0.15, 0.2) is 0 Å². The molecule has 1 aromatic carbocycles. The summed E-state index contributed by atoms with van der Waals surface area (Å²) in [6.45, 7) is 6.54. The molecule has 0 radical (unpaired) electrons. The van der Waals surface area contributed by atoms with Crippen molar-refractivity contribution in [3.63, 3.8) is 0 Å². The van der Waals surface area contributed by atoms with Gasteiger partial charge in [0.1, 0.15) is 11.8 Å². The molecular formula is C16H17N3. The Balaban J connectivity index is 2.36. The minimum atomic E-state index is 0.0642. The lowest BCUT2D eigenvalue weighted by Crippen LogP contribution is -2.13. The second kappa shape index (κ2) is 5.11. The van der Waals surface area contributed by atoms with E-state index in [1.165, 1.54) is 5.56 Å². The molecule has 2 aromatic rings. The second-order valence-electron chi connectivity index (χ2n) is 5.46. The summed E-state index contributed by atoms with van der Waals surface area (Å²) in [4.78, 5) is 3.97. The Morgan fingerprint density at radius 1 is 1.16 bits per heavy atom. The van der Waals surface area contributed by atoms with Gasteiger partial charge >= 0.3 is 0 Å². The van der Waals surface area contributed by atoms with Crippen LogP contribution in [-0.4, -0.2) is 4.98 Å². The lowest BCUT2D eigenvalue weighted by molar-refractivity contribution is 0.592. The zero-order valence-corrected chi connectivity index (χ0v) is 11.4. The third-order valence-corrected chi connectivity index (χ3v) is 2.89. The van der Waals surface area contributed by atoms with Crippen molar-refractivity contribution in [2.24, 2.45) is 0 Å². The van der Waals surface area contributed by atoms with E-state index in [-0.39, 0.29) is 5.41 Å². The highest BCUT2D eigenvalue weighted by atomic mass is 14.9. The first-order chi connectivity index (χ1) is 9.00. The number of nitriles is 1. The van der Waals surface area contributed by atoms with Crippen LogP contribution in [0.3, 0.4) is 0 Å². The Morgan fingerprint density at radius 3 is 2.58 bits per heavy atom. The van der Waals surface area contributed by atoms with Crippen LogP contribution in [0.4, 0.5) is 11.4 Å². The fourth-order valence-corrected chi connectivity index (χ4v) is 1.97. The summed E-state index contributed by atoms with van der Waals surface area (Å²) in [5, 5.41) is 12.2. The third-order valence-electron chi connectivity index (χ3n) is 2.89. The monoisotopic (exact) mass is 251 g/mol. The van der Waals surface area contributed by atoms with Crippen molar-refractivity contribution in [1.29, 1.82) is 5.26 Å². The Hall–Kier alpha value is -2.34. The van der Waals surface area contributed by atoms with Crippen LogP contribution in [0.25, 0.3) is 0 Å². The molecule has 0 unspecified atom stereocenters. The van der Waals surface area contributed by atoms with E-state index >= 15 is 0 Å². The molecule has 1 heterocycles. The van der Waals surface area contributed by atoms with E-state index in [1.54, 1.807) is 12.3 Å². The first-order valence-corrected chi connectivity index (χ1v) is 6.23. The number of anilines is 2. The average Bonchev–Trinajstić information content (AvgIpc) is 2.38. The quantitative estimate of drug-likeness (QED) is 0.877. The van der Waals surface area contributed by atoms with Crippen molar-refractivity contribution in [2.75, 3.05) is 5.32 Å². The molecule has 0 aliphatic rings. The van der Waals surface area contributed by atoms with Gasteiger partial charge in [-0.05, 0) is 29.2 Å². The van der Waals surface area contributed by atoms with E-state index in [0.29, 0.717) is 5.69 Å². The summed E-state index contributed by atoms with van der Waals surface area (Å²) in [5.41, 5.74) is 3.66. The van der Waals surface area contributed by atoms with E-state index in [4.69, 9.17) is 5.26 Å². The van der Waals surface area contributed by atoms with Gasteiger partial charge in [0.2, 0.25) is 0 Å². The van der Waals surface area contributed by atoms with Gasteiger partial charge in [-0.25, -0.2) is 4.98 Å². The molecule has 96 valence electrons. The predicted octanol–water partition coefficient (Wildman–Crippen LogP) is 3.99. The molecule has 0 saturated heterocycles. The van der Waals surface area contributed by atoms with E-state index < -0.39 is 0 Å². The molecule has 3 nitrogen and oxygen atoms in total. The number of hydrogen-bond acceptors (Lipinski definition) is 3. The summed E-state index contributed by atoms with van der Waals surface area (Å²) < 4.78 is 0. The molecule has 1 N–H and O–H groups in total. The molecule has 19 heavy (non-hydrogen) atoms. The van der Waals surface area contributed by atoms with Crippen LogP contribution in [0.2, 0.25) is 0 Å². The lowest BCUT2D eigenvalue weighted by Gasteiger charge is -2.23. The van der Waals surface area contributed by atoms with Crippen LogP contribution < -0.4 is 5.32 Å². The van der Waals surface area contributed by atoms with Crippen molar-refractivity contribution < 1.29 is 0 Å². The average molecular weight is 251 g/mol. The largest absolute Gasteiger partial charge is 0.355 e. The first-order valence-electron chi connectivity index (χ1n) is 6.23. The van der Waals surface area contributed by atoms with Gasteiger partial charge in [-0.15, -0.1) is 0 Å². The van der Waals surface area contributed by atoms with E-state index in [0.717, 1.165) is 11.4 Å². The van der Waals surface area contributed by atoms with Gasteiger partial charge in [0.25, 0.3) is 0 Å². The third kappa shape index (κ3) is 3.11. The predicted molar refractivity (Wildman–Crippen MR) is 77.4 cm³/mol. The van der Waals surface area contributed by atoms with Gasteiger partial charge in [0.05, 0.1) is 0 Å². The van der Waals surface area contributed by atoms with E-state index in [2.05, 4.69) is 37.1 Å². The molecule has 0 aliphatic heterocycles. The number of rotatable bonds is 2. The first kappa shape index (κ1) is 13.1. The van der Waals surface area contributed by atoms with E-state index in [9.17, 15) is 0 Å². The normalized spacial score (nSPS) is 10.8. The highest BCUT2D eigenvalue weighted by molar-refractivity contribution is 5.65. The van der Waals surface area contributed by atoms with Crippen molar-refractivity contribution >= 4 is 11.4 Å². The van der Waals surface area contributed by atoms with Gasteiger partial charge in [0, 0.05) is 17.6 Å². The number of nitrogens with one attached hydrogen (secondary N) is 1. The SMILES string of the molecule is CC(C)(C)c1ccccc1Nc1ccnc(C#N)c1. The maximum atomic E-state index is 8.87. The van der Waals surface area contributed by atoms with Crippen LogP contribution in [0.1, 0.15) is 32.0 Å². The molecule has 3 heteroatoms. The van der Waals surface area contributed by atoms with Gasteiger partial charge < -0.3 is 5.32 Å². The van der Waals surface area contributed by atoms with Gasteiger partial charge in [-0.2, -0.15) is 5.26 Å². The number of pyridine rings is 1. The fourth-order valence-electron chi connectivity index (χ4n) is 1.97. The number of hydrogen-bond donors (Lipinski definition) is 1. The number of aromatic nitrogens is 1. The summed E-state index contributed by atoms with van der Waals surface area (Å²) in [7, 11) is 0. The van der Waals surface area contributed by atoms with Crippen LogP contribution in [-0.2, 0) is 5.41 Å². The van der Waals surface area contributed by atoms with Crippen molar-refractivity contribution in [3.05, 3.63) is 53.9 Å². The topological polar surface area (TPSA) is 48.7 Å². The second-order valence-corrected chi connectivity index (χ2v) is 5.46. The maximum Gasteiger partial charge on any atom is 0.142 e. The Kier molecular flexibility index (Phi) is 3.52. The van der Waals surface area contributed by atoms with Gasteiger partial charge in [-0.1, -0.05) is 39.0 Å². The van der Waals surface area contributed by atoms with Gasteiger partial charge in [-0.3, -0.25) is 0 Å². The highest BCUT2D eigenvalue weighted by Gasteiger charge is 2.17. The van der Waals surface area contributed by atoms with E-state index in [1.807, 2.05) is 30.3 Å². The van der Waals surface area contributed by atoms with Crippen molar-refractivity contribution in [1.82, 2.24) is 4.98 Å². The number of nitrogens with zero attached hydrogens (tertiary/aromatic N) is 2. The van der Waals surface area contributed by atoms with Crippen molar-refractivity contribution in [2.45, 2.75) is 26.2 Å². The molecule has 0 amide bonds. The molecule has 0 atom stereocenters. The molecule has 0 spiro atoms. The van der Waals surface area contributed by atoms with Crippen molar-refractivity contribution in [3.8, 4) is 6.07 Å². The number of benzene rings is 1. The molecule has 0 fully saturated rings. The molecule has 0 aliphatic carbocycles. The summed E-state index contributed by atoms with van der Waals surface area (Å²) in [6, 6.07) is 13.9. The Labute approximate surface area is 113 Å². The Morgan fingerprint density at radius 2 is 1.89 bits per heavy atom. The highest BCUT2D eigenvalue weighted by Crippen LogP contribution is 2.31. The summed E-state index contributed by atoms with van der Waals surface area (Å²) in [6.07, 6.45) is 1.64. The van der Waals surface area contributed by atoms with Crippen LogP contribution in [0.5, 0.6) is 0 Å². The number of para-hydroxylation sites is 1. The standard InChI is InChI=1S/C16H17N3/c1-16(2,3)14-6-4-5-7-15(14)19-12-8-9-18-13(10-12)11-17/h4-10H,1-3H3,(H,18,19). The minimum absolute atomic E-state index is 0.0642. The fraction of sp³-hybridized carbons (Fsp3) is 0.250. The van der Waals surface area contributed by atoms with Crippen LogP contribution in [0.15, 0.2) is 42.6 Å².